The van der Waals surface area contributed by atoms with E-state index in [0.717, 1.165) is 11.1 Å². The van der Waals surface area contributed by atoms with Gasteiger partial charge in [-0.25, -0.2) is 0 Å². The fraction of sp³-hybridized carbons (Fsp3) is 0. The predicted molar refractivity (Wildman–Crippen MR) is 91.8 cm³/mol. The maximum absolute atomic E-state index is 10.8. The minimum Gasteiger partial charge on any atom is -0.258 e. The quantitative estimate of drug-likeness (QED) is 0.472. The second kappa shape index (κ2) is 6.37. The third-order valence-electron chi connectivity index (χ3n) is 3.31. The Kier molecular flexibility index (Phi) is 4.12. The van der Waals surface area contributed by atoms with Crippen LogP contribution in [0.15, 0.2) is 65.4 Å². The first-order valence-electron chi connectivity index (χ1n) is 6.78. The van der Waals surface area contributed by atoms with Gasteiger partial charge in [0.1, 0.15) is 0 Å². The number of non-ortho nitro benzene ring substituents is 1. The lowest BCUT2D eigenvalue weighted by Gasteiger charge is -2.00. The Labute approximate surface area is 132 Å². The summed E-state index contributed by atoms with van der Waals surface area (Å²) >= 11 is 1.64. The fourth-order valence-corrected chi connectivity index (χ4v) is 3.04. The fourth-order valence-electron chi connectivity index (χ4n) is 2.22. The van der Waals surface area contributed by atoms with Crippen molar-refractivity contribution in [2.75, 3.05) is 0 Å². The van der Waals surface area contributed by atoms with Gasteiger partial charge in [0, 0.05) is 12.1 Å². The van der Waals surface area contributed by atoms with Crippen LogP contribution in [0.2, 0.25) is 0 Å². The molecular weight excluding hydrogens is 294 g/mol. The molecule has 0 atom stereocenters. The van der Waals surface area contributed by atoms with Crippen LogP contribution in [0.25, 0.3) is 23.3 Å². The molecule has 0 bridgehead atoms. The van der Waals surface area contributed by atoms with Crippen molar-refractivity contribution >= 4 is 29.2 Å². The Morgan fingerprint density at radius 2 is 1.77 bits per heavy atom. The van der Waals surface area contributed by atoms with E-state index in [-0.39, 0.29) is 10.6 Å². The standard InChI is InChI=1S/C18H13NO2S/c20-19(21)17-8-4-5-14(11-17)9-10-16-12-22-13-18(16)15-6-2-1-3-7-15/h1-13H/b10-9+. The Balaban J connectivity index is 1.90. The van der Waals surface area contributed by atoms with Crippen molar-refractivity contribution in [2.45, 2.75) is 0 Å². The van der Waals surface area contributed by atoms with Gasteiger partial charge in [-0.3, -0.25) is 10.1 Å². The maximum atomic E-state index is 10.8. The molecule has 3 nitrogen and oxygen atoms in total. The molecule has 0 radical (unpaired) electrons. The van der Waals surface area contributed by atoms with Crippen LogP contribution >= 0.6 is 11.3 Å². The van der Waals surface area contributed by atoms with Gasteiger partial charge in [-0.1, -0.05) is 54.6 Å². The zero-order chi connectivity index (χ0) is 15.4. The summed E-state index contributed by atoms with van der Waals surface area (Å²) in [6.07, 6.45) is 3.90. The van der Waals surface area contributed by atoms with Crippen molar-refractivity contribution in [3.8, 4) is 11.1 Å². The number of hydrogen-bond donors (Lipinski definition) is 0. The van der Waals surface area contributed by atoms with E-state index in [1.807, 2.05) is 36.4 Å². The predicted octanol–water partition coefficient (Wildman–Crippen LogP) is 5.49. The summed E-state index contributed by atoms with van der Waals surface area (Å²) in [6, 6.07) is 16.8. The van der Waals surface area contributed by atoms with Crippen LogP contribution in [0.5, 0.6) is 0 Å². The maximum Gasteiger partial charge on any atom is 0.270 e. The van der Waals surface area contributed by atoms with Gasteiger partial charge in [0.05, 0.1) is 4.92 Å². The Hall–Kier alpha value is -2.72. The number of benzene rings is 2. The smallest absolute Gasteiger partial charge is 0.258 e. The molecule has 1 aromatic heterocycles. The van der Waals surface area contributed by atoms with E-state index in [4.69, 9.17) is 0 Å². The number of thiophene rings is 1. The summed E-state index contributed by atoms with van der Waals surface area (Å²) in [5.41, 5.74) is 4.38. The van der Waals surface area contributed by atoms with Gasteiger partial charge in [-0.15, -0.1) is 0 Å². The number of nitrogens with zero attached hydrogens (tertiary/aromatic N) is 1. The number of hydrogen-bond acceptors (Lipinski definition) is 3. The van der Waals surface area contributed by atoms with Crippen LogP contribution in [-0.2, 0) is 0 Å². The minimum atomic E-state index is -0.378. The van der Waals surface area contributed by atoms with E-state index in [1.165, 1.54) is 17.2 Å². The summed E-state index contributed by atoms with van der Waals surface area (Å²) < 4.78 is 0. The third kappa shape index (κ3) is 3.13. The average Bonchev–Trinajstić information content (AvgIpc) is 3.02. The van der Waals surface area contributed by atoms with Crippen LogP contribution in [0.1, 0.15) is 11.1 Å². The van der Waals surface area contributed by atoms with Crippen molar-refractivity contribution in [1.82, 2.24) is 0 Å². The molecule has 0 spiro atoms. The lowest BCUT2D eigenvalue weighted by Crippen LogP contribution is -1.87. The molecular formula is C18H13NO2S. The summed E-state index contributed by atoms with van der Waals surface area (Å²) in [6.45, 7) is 0. The summed E-state index contributed by atoms with van der Waals surface area (Å²) in [5.74, 6) is 0. The first-order valence-corrected chi connectivity index (χ1v) is 7.72. The van der Waals surface area contributed by atoms with Crippen LogP contribution < -0.4 is 0 Å². The SMILES string of the molecule is O=[N+]([O-])c1cccc(/C=C/c2cscc2-c2ccccc2)c1. The first kappa shape index (κ1) is 14.2. The van der Waals surface area contributed by atoms with Crippen molar-refractivity contribution < 1.29 is 4.92 Å². The monoisotopic (exact) mass is 307 g/mol. The van der Waals surface area contributed by atoms with E-state index < -0.39 is 0 Å². The average molecular weight is 307 g/mol. The highest BCUT2D eigenvalue weighted by Gasteiger charge is 2.05. The molecule has 0 aliphatic carbocycles. The Morgan fingerprint density at radius 3 is 2.55 bits per heavy atom. The minimum absolute atomic E-state index is 0.107. The molecule has 0 amide bonds. The van der Waals surface area contributed by atoms with Gasteiger partial charge in [-0.2, -0.15) is 11.3 Å². The van der Waals surface area contributed by atoms with Gasteiger partial charge in [-0.05, 0) is 33.0 Å². The van der Waals surface area contributed by atoms with E-state index in [2.05, 4.69) is 22.9 Å². The Bertz CT molecular complexity index is 822. The molecule has 0 aliphatic heterocycles. The molecule has 0 N–H and O–H groups in total. The summed E-state index contributed by atoms with van der Waals surface area (Å²) in [5, 5.41) is 15.0. The molecule has 0 unspecified atom stereocenters. The van der Waals surface area contributed by atoms with Crippen LogP contribution in [0, 0.1) is 10.1 Å². The highest BCUT2D eigenvalue weighted by atomic mass is 32.1. The molecule has 0 fully saturated rings. The lowest BCUT2D eigenvalue weighted by atomic mass is 10.0. The molecule has 0 saturated heterocycles. The van der Waals surface area contributed by atoms with E-state index in [1.54, 1.807) is 23.5 Å². The second-order valence-electron chi connectivity index (χ2n) is 4.79. The highest BCUT2D eigenvalue weighted by molar-refractivity contribution is 7.08. The molecule has 22 heavy (non-hydrogen) atoms. The topological polar surface area (TPSA) is 43.1 Å². The normalized spacial score (nSPS) is 10.9. The Morgan fingerprint density at radius 1 is 0.955 bits per heavy atom. The van der Waals surface area contributed by atoms with Crippen molar-refractivity contribution in [3.63, 3.8) is 0 Å². The van der Waals surface area contributed by atoms with E-state index >= 15 is 0 Å². The molecule has 3 aromatic rings. The first-order chi connectivity index (χ1) is 10.7. The zero-order valence-corrected chi connectivity index (χ0v) is 12.5. The van der Waals surface area contributed by atoms with Crippen molar-refractivity contribution in [3.05, 3.63) is 86.6 Å². The second-order valence-corrected chi connectivity index (χ2v) is 5.54. The largest absolute Gasteiger partial charge is 0.270 e. The van der Waals surface area contributed by atoms with E-state index in [9.17, 15) is 10.1 Å². The van der Waals surface area contributed by atoms with Gasteiger partial charge in [0.25, 0.3) is 5.69 Å². The lowest BCUT2D eigenvalue weighted by molar-refractivity contribution is -0.384. The molecule has 2 aromatic carbocycles. The number of nitro groups is 1. The van der Waals surface area contributed by atoms with Gasteiger partial charge in [0.2, 0.25) is 0 Å². The zero-order valence-electron chi connectivity index (χ0n) is 11.7. The molecule has 4 heteroatoms. The van der Waals surface area contributed by atoms with Crippen LogP contribution in [-0.4, -0.2) is 4.92 Å². The summed E-state index contributed by atoms with van der Waals surface area (Å²) in [4.78, 5) is 10.4. The molecule has 1 heterocycles. The van der Waals surface area contributed by atoms with E-state index in [0.29, 0.717) is 0 Å². The van der Waals surface area contributed by atoms with Gasteiger partial charge in [0.15, 0.2) is 0 Å². The molecule has 108 valence electrons. The highest BCUT2D eigenvalue weighted by Crippen LogP contribution is 2.29. The van der Waals surface area contributed by atoms with Crippen molar-refractivity contribution in [1.29, 1.82) is 0 Å². The van der Waals surface area contributed by atoms with Crippen LogP contribution in [0.4, 0.5) is 5.69 Å². The van der Waals surface area contributed by atoms with Crippen LogP contribution in [0.3, 0.4) is 0 Å². The molecule has 0 aliphatic rings. The number of nitro benzene ring substituents is 1. The van der Waals surface area contributed by atoms with Gasteiger partial charge < -0.3 is 0 Å². The third-order valence-corrected chi connectivity index (χ3v) is 4.07. The molecule has 3 rings (SSSR count). The van der Waals surface area contributed by atoms with Crippen molar-refractivity contribution in [2.24, 2.45) is 0 Å². The molecule has 0 saturated carbocycles. The number of rotatable bonds is 4. The van der Waals surface area contributed by atoms with Gasteiger partial charge >= 0.3 is 0 Å². The summed E-state index contributed by atoms with van der Waals surface area (Å²) in [7, 11) is 0.